The Morgan fingerprint density at radius 2 is 1.85 bits per heavy atom. The highest BCUT2D eigenvalue weighted by Crippen LogP contribution is 2.26. The van der Waals surface area contributed by atoms with Crippen molar-refractivity contribution in [2.45, 2.75) is 13.3 Å². The molecule has 0 radical (unpaired) electrons. The zero-order valence-corrected chi connectivity index (χ0v) is 15.7. The molecule has 1 amide bonds. The number of carbonyl (C=O) groups is 1. The SMILES string of the molecule is CCc1nnc2sc(-c3ccc(NC(=O)c4ccc(OC)cc4)cc3)nn12. The summed E-state index contributed by atoms with van der Waals surface area (Å²) in [6, 6.07) is 14.6. The number of hydrogen-bond donors (Lipinski definition) is 1. The molecule has 0 fully saturated rings. The average molecular weight is 379 g/mol. The van der Waals surface area contributed by atoms with Crippen LogP contribution < -0.4 is 10.1 Å². The number of benzene rings is 2. The maximum atomic E-state index is 12.3. The van der Waals surface area contributed by atoms with Gasteiger partial charge in [-0.2, -0.15) is 9.61 Å². The number of fused-ring (bicyclic) bond motifs is 1. The molecule has 0 unspecified atom stereocenters. The number of methoxy groups -OCH3 is 1. The molecule has 0 spiro atoms. The number of amides is 1. The Hall–Kier alpha value is -3.26. The molecule has 2 heterocycles. The molecule has 0 bridgehead atoms. The van der Waals surface area contributed by atoms with E-state index in [2.05, 4.69) is 20.6 Å². The van der Waals surface area contributed by atoms with E-state index in [0.717, 1.165) is 33.5 Å². The van der Waals surface area contributed by atoms with Crippen LogP contribution in [0.15, 0.2) is 48.5 Å². The van der Waals surface area contributed by atoms with E-state index in [-0.39, 0.29) is 5.91 Å². The summed E-state index contributed by atoms with van der Waals surface area (Å²) in [5.74, 6) is 1.39. The highest BCUT2D eigenvalue weighted by molar-refractivity contribution is 7.19. The van der Waals surface area contributed by atoms with Crippen LogP contribution in [0.3, 0.4) is 0 Å². The fraction of sp³-hybridized carbons (Fsp3) is 0.158. The minimum Gasteiger partial charge on any atom is -0.497 e. The van der Waals surface area contributed by atoms with Gasteiger partial charge in [0.2, 0.25) is 4.96 Å². The van der Waals surface area contributed by atoms with Crippen molar-refractivity contribution in [3.63, 3.8) is 0 Å². The summed E-state index contributed by atoms with van der Waals surface area (Å²) in [7, 11) is 1.59. The quantitative estimate of drug-likeness (QED) is 0.572. The molecule has 1 N–H and O–H groups in total. The molecule has 2 aromatic carbocycles. The largest absolute Gasteiger partial charge is 0.497 e. The summed E-state index contributed by atoms with van der Waals surface area (Å²) in [5.41, 5.74) is 2.26. The van der Waals surface area contributed by atoms with Crippen molar-refractivity contribution >= 4 is 27.9 Å². The lowest BCUT2D eigenvalue weighted by atomic mass is 10.2. The second kappa shape index (κ2) is 7.16. The van der Waals surface area contributed by atoms with E-state index in [1.54, 1.807) is 35.9 Å². The van der Waals surface area contributed by atoms with Crippen molar-refractivity contribution in [1.82, 2.24) is 19.8 Å². The molecule has 8 heteroatoms. The zero-order valence-electron chi connectivity index (χ0n) is 14.8. The van der Waals surface area contributed by atoms with E-state index < -0.39 is 0 Å². The second-order valence-electron chi connectivity index (χ2n) is 5.83. The first-order chi connectivity index (χ1) is 13.2. The molecule has 7 nitrogen and oxygen atoms in total. The molecule has 27 heavy (non-hydrogen) atoms. The van der Waals surface area contributed by atoms with Crippen LogP contribution >= 0.6 is 11.3 Å². The van der Waals surface area contributed by atoms with E-state index in [4.69, 9.17) is 4.74 Å². The standard InChI is InChI=1S/C19H17N5O2S/c1-3-16-21-22-19-24(16)23-18(27-19)13-4-8-14(9-5-13)20-17(25)12-6-10-15(26-2)11-7-12/h4-11H,3H2,1-2H3,(H,20,25). The third-order valence-electron chi connectivity index (χ3n) is 4.11. The Balaban J connectivity index is 1.50. The minimum atomic E-state index is -0.170. The summed E-state index contributed by atoms with van der Waals surface area (Å²) < 4.78 is 6.88. The van der Waals surface area contributed by atoms with Crippen LogP contribution in [0.4, 0.5) is 5.69 Å². The first-order valence-corrected chi connectivity index (χ1v) is 9.26. The molecule has 0 saturated heterocycles. The summed E-state index contributed by atoms with van der Waals surface area (Å²) in [5, 5.41) is 16.6. The van der Waals surface area contributed by atoms with Crippen molar-refractivity contribution in [2.75, 3.05) is 12.4 Å². The van der Waals surface area contributed by atoms with Gasteiger partial charge in [0.15, 0.2) is 5.82 Å². The molecule has 4 rings (SSSR count). The lowest BCUT2D eigenvalue weighted by Crippen LogP contribution is -2.11. The van der Waals surface area contributed by atoms with Gasteiger partial charge in [0, 0.05) is 23.2 Å². The van der Waals surface area contributed by atoms with Gasteiger partial charge < -0.3 is 10.1 Å². The van der Waals surface area contributed by atoms with E-state index in [1.165, 1.54) is 11.3 Å². The Morgan fingerprint density at radius 1 is 1.11 bits per heavy atom. The number of hydrogen-bond acceptors (Lipinski definition) is 6. The van der Waals surface area contributed by atoms with Crippen molar-refractivity contribution in [1.29, 1.82) is 0 Å². The second-order valence-corrected chi connectivity index (χ2v) is 6.79. The summed E-state index contributed by atoms with van der Waals surface area (Å²) in [4.78, 5) is 13.1. The van der Waals surface area contributed by atoms with E-state index in [9.17, 15) is 4.79 Å². The van der Waals surface area contributed by atoms with Gasteiger partial charge in [0.25, 0.3) is 5.91 Å². The molecule has 0 aliphatic heterocycles. The van der Waals surface area contributed by atoms with Gasteiger partial charge in [-0.3, -0.25) is 4.79 Å². The Morgan fingerprint density at radius 3 is 2.52 bits per heavy atom. The predicted molar refractivity (Wildman–Crippen MR) is 104 cm³/mol. The third kappa shape index (κ3) is 3.39. The molecule has 0 atom stereocenters. The van der Waals surface area contributed by atoms with Crippen LogP contribution in [-0.4, -0.2) is 32.8 Å². The van der Waals surface area contributed by atoms with E-state index in [1.807, 2.05) is 31.2 Å². The first-order valence-electron chi connectivity index (χ1n) is 8.45. The monoisotopic (exact) mass is 379 g/mol. The van der Waals surface area contributed by atoms with Crippen molar-refractivity contribution in [3.05, 3.63) is 59.9 Å². The Bertz CT molecular complexity index is 1080. The van der Waals surface area contributed by atoms with Crippen molar-refractivity contribution in [2.24, 2.45) is 0 Å². The van der Waals surface area contributed by atoms with Crippen LogP contribution in [0.25, 0.3) is 15.5 Å². The number of nitrogens with one attached hydrogen (secondary N) is 1. The Labute approximate surface area is 159 Å². The van der Waals surface area contributed by atoms with E-state index >= 15 is 0 Å². The number of carbonyl (C=O) groups excluding carboxylic acids is 1. The number of ether oxygens (including phenoxy) is 1. The predicted octanol–water partition coefficient (Wildman–Crippen LogP) is 3.68. The van der Waals surface area contributed by atoms with Gasteiger partial charge in [-0.15, -0.1) is 10.2 Å². The average Bonchev–Trinajstić information content (AvgIpc) is 3.29. The number of rotatable bonds is 5. The Kier molecular flexibility index (Phi) is 4.55. The number of aromatic nitrogens is 4. The third-order valence-corrected chi connectivity index (χ3v) is 5.06. The van der Waals surface area contributed by atoms with Gasteiger partial charge in [-0.1, -0.05) is 18.3 Å². The fourth-order valence-corrected chi connectivity index (χ4v) is 3.50. The lowest BCUT2D eigenvalue weighted by molar-refractivity contribution is 0.102. The summed E-state index contributed by atoms with van der Waals surface area (Å²) in [6.45, 7) is 2.02. The molecular weight excluding hydrogens is 362 g/mol. The molecule has 136 valence electrons. The van der Waals surface area contributed by atoms with Crippen molar-refractivity contribution in [3.8, 4) is 16.3 Å². The van der Waals surface area contributed by atoms with Crippen molar-refractivity contribution < 1.29 is 9.53 Å². The summed E-state index contributed by atoms with van der Waals surface area (Å²) >= 11 is 1.49. The smallest absolute Gasteiger partial charge is 0.255 e. The molecular formula is C19H17N5O2S. The summed E-state index contributed by atoms with van der Waals surface area (Å²) in [6.07, 6.45) is 0.778. The highest BCUT2D eigenvalue weighted by atomic mass is 32.1. The van der Waals surface area contributed by atoms with Gasteiger partial charge in [0.05, 0.1) is 7.11 Å². The molecule has 0 aliphatic carbocycles. The molecule has 0 saturated carbocycles. The number of aryl methyl sites for hydroxylation is 1. The number of nitrogens with zero attached hydrogens (tertiary/aromatic N) is 4. The van der Waals surface area contributed by atoms with E-state index in [0.29, 0.717) is 11.3 Å². The molecule has 0 aliphatic rings. The van der Waals surface area contributed by atoms with Crippen LogP contribution in [-0.2, 0) is 6.42 Å². The lowest BCUT2D eigenvalue weighted by Gasteiger charge is -2.06. The first kappa shape index (κ1) is 17.2. The van der Waals surface area contributed by atoms with Gasteiger partial charge in [-0.05, 0) is 48.5 Å². The zero-order chi connectivity index (χ0) is 18.8. The van der Waals surface area contributed by atoms with Crippen LogP contribution in [0.1, 0.15) is 23.1 Å². The minimum absolute atomic E-state index is 0.170. The van der Waals surface area contributed by atoms with Gasteiger partial charge in [-0.25, -0.2) is 0 Å². The normalized spacial score (nSPS) is 10.9. The van der Waals surface area contributed by atoms with Gasteiger partial charge >= 0.3 is 0 Å². The van der Waals surface area contributed by atoms with Gasteiger partial charge in [0.1, 0.15) is 10.8 Å². The van der Waals surface area contributed by atoms with Crippen LogP contribution in [0.5, 0.6) is 5.75 Å². The van der Waals surface area contributed by atoms with Crippen LogP contribution in [0.2, 0.25) is 0 Å². The maximum Gasteiger partial charge on any atom is 0.255 e. The topological polar surface area (TPSA) is 81.4 Å². The maximum absolute atomic E-state index is 12.3. The highest BCUT2D eigenvalue weighted by Gasteiger charge is 2.12. The molecule has 2 aromatic heterocycles. The fourth-order valence-electron chi connectivity index (χ4n) is 2.64. The van der Waals surface area contributed by atoms with Crippen LogP contribution in [0, 0.1) is 0 Å². The molecule has 4 aromatic rings. The number of anilines is 1.